The SMILES string of the molecule is CC1O[C@H](CCS(=O)(=O)NC(=O)NC2CCCC2)[C@@H](O)[C@H](O)[C@@H]1O. The molecule has 140 valence electrons. The average Bonchev–Trinajstić information content (AvgIpc) is 2.99. The van der Waals surface area contributed by atoms with Gasteiger partial charge in [0.2, 0.25) is 10.0 Å². The van der Waals surface area contributed by atoms with Crippen LogP contribution < -0.4 is 10.0 Å². The van der Waals surface area contributed by atoms with Crippen molar-refractivity contribution in [2.75, 3.05) is 5.75 Å². The summed E-state index contributed by atoms with van der Waals surface area (Å²) in [7, 11) is -3.89. The molecule has 2 aliphatic rings. The lowest BCUT2D eigenvalue weighted by molar-refractivity contribution is -0.217. The molecule has 1 heterocycles. The van der Waals surface area contributed by atoms with Crippen molar-refractivity contribution in [3.8, 4) is 0 Å². The highest BCUT2D eigenvalue weighted by Crippen LogP contribution is 2.23. The Bertz CT molecular complexity index is 535. The van der Waals surface area contributed by atoms with Crippen molar-refractivity contribution in [2.24, 2.45) is 0 Å². The van der Waals surface area contributed by atoms with Gasteiger partial charge in [0.1, 0.15) is 18.3 Å². The van der Waals surface area contributed by atoms with Gasteiger partial charge in [0, 0.05) is 6.04 Å². The normalized spacial score (nSPS) is 34.9. The second kappa shape index (κ2) is 7.96. The number of carbonyl (C=O) groups is 1. The van der Waals surface area contributed by atoms with Crippen LogP contribution in [0.15, 0.2) is 0 Å². The van der Waals surface area contributed by atoms with Gasteiger partial charge in [0.15, 0.2) is 0 Å². The Hall–Kier alpha value is -0.940. The maximum atomic E-state index is 12.0. The van der Waals surface area contributed by atoms with Crippen LogP contribution in [0.2, 0.25) is 0 Å². The number of ether oxygens (including phenoxy) is 1. The molecule has 9 nitrogen and oxygen atoms in total. The summed E-state index contributed by atoms with van der Waals surface area (Å²) in [6.45, 7) is 1.52. The first-order valence-corrected chi connectivity index (χ1v) is 9.85. The zero-order chi connectivity index (χ0) is 17.9. The highest BCUT2D eigenvalue weighted by atomic mass is 32.2. The van der Waals surface area contributed by atoms with Crippen LogP contribution in [0.1, 0.15) is 39.0 Å². The van der Waals surface area contributed by atoms with Crippen molar-refractivity contribution in [2.45, 2.75) is 75.6 Å². The Morgan fingerprint density at radius 1 is 1.12 bits per heavy atom. The third-order valence-corrected chi connectivity index (χ3v) is 5.83. The number of rotatable bonds is 5. The predicted molar refractivity (Wildman–Crippen MR) is 84.7 cm³/mol. The topological polar surface area (TPSA) is 145 Å². The van der Waals surface area contributed by atoms with E-state index in [2.05, 4.69) is 5.32 Å². The third kappa shape index (κ3) is 5.03. The van der Waals surface area contributed by atoms with Gasteiger partial charge in [0.05, 0.1) is 18.0 Å². The van der Waals surface area contributed by atoms with Crippen LogP contribution in [0.5, 0.6) is 0 Å². The van der Waals surface area contributed by atoms with E-state index in [9.17, 15) is 28.5 Å². The van der Waals surface area contributed by atoms with Gasteiger partial charge in [-0.2, -0.15) is 0 Å². The molecule has 2 fully saturated rings. The van der Waals surface area contributed by atoms with Crippen molar-refractivity contribution in [1.82, 2.24) is 10.0 Å². The molecule has 5 N–H and O–H groups in total. The smallest absolute Gasteiger partial charge is 0.328 e. The summed E-state index contributed by atoms with van der Waals surface area (Å²) in [5.41, 5.74) is 0. The Kier molecular flexibility index (Phi) is 6.43. The Labute approximate surface area is 141 Å². The zero-order valence-electron chi connectivity index (χ0n) is 13.6. The molecule has 1 saturated carbocycles. The number of urea groups is 1. The molecule has 24 heavy (non-hydrogen) atoms. The van der Waals surface area contributed by atoms with Crippen LogP contribution in [0.25, 0.3) is 0 Å². The summed E-state index contributed by atoms with van der Waals surface area (Å²) < 4.78 is 31.2. The molecule has 1 saturated heterocycles. The first-order valence-electron chi connectivity index (χ1n) is 8.20. The monoisotopic (exact) mass is 366 g/mol. The number of aliphatic hydroxyl groups excluding tert-OH is 3. The van der Waals surface area contributed by atoms with Gasteiger partial charge in [-0.05, 0) is 26.2 Å². The van der Waals surface area contributed by atoms with Crippen molar-refractivity contribution >= 4 is 16.1 Å². The lowest BCUT2D eigenvalue weighted by atomic mass is 9.94. The van der Waals surface area contributed by atoms with Crippen LogP contribution in [-0.4, -0.2) is 72.1 Å². The Morgan fingerprint density at radius 3 is 2.38 bits per heavy atom. The van der Waals surface area contributed by atoms with Crippen molar-refractivity contribution in [1.29, 1.82) is 0 Å². The summed E-state index contributed by atoms with van der Waals surface area (Å²) in [5.74, 6) is -0.442. The number of nitrogens with one attached hydrogen (secondary N) is 2. The van der Waals surface area contributed by atoms with Gasteiger partial charge < -0.3 is 25.4 Å². The van der Waals surface area contributed by atoms with Gasteiger partial charge in [-0.15, -0.1) is 0 Å². The number of sulfonamides is 1. The first kappa shape index (κ1) is 19.4. The molecule has 0 spiro atoms. The van der Waals surface area contributed by atoms with E-state index in [4.69, 9.17) is 4.74 Å². The van der Waals surface area contributed by atoms with E-state index in [1.165, 1.54) is 6.92 Å². The van der Waals surface area contributed by atoms with E-state index >= 15 is 0 Å². The minimum Gasteiger partial charge on any atom is -0.388 e. The summed E-state index contributed by atoms with van der Waals surface area (Å²) in [6.07, 6.45) is -2.09. The number of aliphatic hydroxyl groups is 3. The summed E-state index contributed by atoms with van der Waals surface area (Å²) in [4.78, 5) is 11.7. The molecular weight excluding hydrogens is 340 g/mol. The molecule has 1 aliphatic carbocycles. The standard InChI is InChI=1S/C14H26N2O7S/c1-8-11(17)13(19)12(18)10(23-8)6-7-24(21,22)16-14(20)15-9-4-2-3-5-9/h8-13,17-19H,2-7H2,1H3,(H2,15,16,20)/t8?,10-,11-,12-,13-/m1/s1. The maximum absolute atomic E-state index is 12.0. The molecule has 2 amide bonds. The zero-order valence-corrected chi connectivity index (χ0v) is 14.4. The molecule has 0 aromatic heterocycles. The summed E-state index contributed by atoms with van der Waals surface area (Å²) in [5, 5.41) is 31.8. The molecule has 1 unspecified atom stereocenters. The average molecular weight is 366 g/mol. The van der Waals surface area contributed by atoms with Crippen molar-refractivity contribution < 1.29 is 33.3 Å². The van der Waals surface area contributed by atoms with Gasteiger partial charge in [-0.25, -0.2) is 17.9 Å². The van der Waals surface area contributed by atoms with Crippen LogP contribution >= 0.6 is 0 Å². The molecular formula is C14H26N2O7S. The van der Waals surface area contributed by atoms with Gasteiger partial charge in [-0.3, -0.25) is 0 Å². The largest absolute Gasteiger partial charge is 0.388 e. The molecule has 0 aromatic carbocycles. The van der Waals surface area contributed by atoms with E-state index in [0.29, 0.717) is 0 Å². The van der Waals surface area contributed by atoms with E-state index in [0.717, 1.165) is 25.7 Å². The van der Waals surface area contributed by atoms with Crippen LogP contribution in [0.4, 0.5) is 4.79 Å². The van der Waals surface area contributed by atoms with Crippen LogP contribution in [0, 0.1) is 0 Å². The number of carbonyl (C=O) groups excluding carboxylic acids is 1. The number of hydrogen-bond acceptors (Lipinski definition) is 7. The lowest BCUT2D eigenvalue weighted by Gasteiger charge is -2.39. The van der Waals surface area contributed by atoms with Crippen LogP contribution in [0.3, 0.4) is 0 Å². The Morgan fingerprint density at radius 2 is 1.75 bits per heavy atom. The minimum atomic E-state index is -3.89. The second-order valence-electron chi connectivity index (χ2n) is 6.52. The highest BCUT2D eigenvalue weighted by molar-refractivity contribution is 7.90. The molecule has 0 aromatic rings. The molecule has 2 rings (SSSR count). The minimum absolute atomic E-state index is 0.00110. The summed E-state index contributed by atoms with van der Waals surface area (Å²) in [6, 6.07) is -0.753. The van der Waals surface area contributed by atoms with E-state index in [-0.39, 0.29) is 12.5 Å². The van der Waals surface area contributed by atoms with E-state index in [1.807, 2.05) is 4.72 Å². The van der Waals surface area contributed by atoms with E-state index < -0.39 is 52.3 Å². The van der Waals surface area contributed by atoms with Crippen molar-refractivity contribution in [3.05, 3.63) is 0 Å². The molecule has 10 heteroatoms. The summed E-state index contributed by atoms with van der Waals surface area (Å²) >= 11 is 0. The fourth-order valence-electron chi connectivity index (χ4n) is 3.12. The first-order chi connectivity index (χ1) is 11.2. The fraction of sp³-hybridized carbons (Fsp3) is 0.929. The molecule has 0 bridgehead atoms. The molecule has 5 atom stereocenters. The number of amides is 2. The quantitative estimate of drug-likeness (QED) is 0.412. The fourth-order valence-corrected chi connectivity index (χ4v) is 4.11. The van der Waals surface area contributed by atoms with Gasteiger partial charge in [-0.1, -0.05) is 12.8 Å². The third-order valence-electron chi connectivity index (χ3n) is 4.56. The van der Waals surface area contributed by atoms with Crippen LogP contribution in [-0.2, 0) is 14.8 Å². The number of hydrogen-bond donors (Lipinski definition) is 5. The van der Waals surface area contributed by atoms with E-state index in [1.54, 1.807) is 0 Å². The molecule has 0 radical (unpaired) electrons. The maximum Gasteiger partial charge on any atom is 0.328 e. The van der Waals surface area contributed by atoms with Gasteiger partial charge in [0.25, 0.3) is 0 Å². The Balaban J connectivity index is 1.82. The highest BCUT2D eigenvalue weighted by Gasteiger charge is 2.41. The second-order valence-corrected chi connectivity index (χ2v) is 8.36. The lowest BCUT2D eigenvalue weighted by Crippen LogP contribution is -2.57. The van der Waals surface area contributed by atoms with Gasteiger partial charge >= 0.3 is 6.03 Å². The predicted octanol–water partition coefficient (Wildman–Crippen LogP) is -1.18. The molecule has 1 aliphatic heterocycles. The van der Waals surface area contributed by atoms with Crippen molar-refractivity contribution in [3.63, 3.8) is 0 Å².